The van der Waals surface area contributed by atoms with Crippen LogP contribution < -0.4 is 5.73 Å². The van der Waals surface area contributed by atoms with Crippen LogP contribution in [0, 0.1) is 11.3 Å². The van der Waals surface area contributed by atoms with Crippen LogP contribution in [0.15, 0.2) is 18.2 Å². The predicted molar refractivity (Wildman–Crippen MR) is 78.7 cm³/mol. The summed E-state index contributed by atoms with van der Waals surface area (Å²) in [4.78, 5) is 2.51. The molecule has 1 unspecified atom stereocenters. The predicted octanol–water partition coefficient (Wildman–Crippen LogP) is 3.79. The Morgan fingerprint density at radius 1 is 1.39 bits per heavy atom. The van der Waals surface area contributed by atoms with Crippen LogP contribution in [0.1, 0.15) is 32.8 Å². The molecule has 1 aromatic rings. The highest BCUT2D eigenvalue weighted by atomic mass is 35.5. The molecule has 18 heavy (non-hydrogen) atoms. The van der Waals surface area contributed by atoms with Crippen LogP contribution in [-0.2, 0) is 6.54 Å². The molecule has 1 aliphatic heterocycles. The molecule has 0 amide bonds. The van der Waals surface area contributed by atoms with Gasteiger partial charge < -0.3 is 5.73 Å². The Kier molecular flexibility index (Phi) is 3.88. The minimum absolute atomic E-state index is 0.410. The molecule has 2 nitrogen and oxygen atoms in total. The van der Waals surface area contributed by atoms with Crippen LogP contribution >= 0.6 is 11.6 Å². The first-order valence-corrected chi connectivity index (χ1v) is 7.00. The van der Waals surface area contributed by atoms with Crippen LogP contribution in [-0.4, -0.2) is 18.0 Å². The molecule has 0 aliphatic carbocycles. The monoisotopic (exact) mass is 266 g/mol. The van der Waals surface area contributed by atoms with Gasteiger partial charge in [-0.1, -0.05) is 38.4 Å². The number of hydrogen-bond donors (Lipinski definition) is 1. The number of nitrogens with zero attached hydrogens (tertiary/aromatic N) is 1. The van der Waals surface area contributed by atoms with Crippen molar-refractivity contribution in [3.05, 3.63) is 28.8 Å². The minimum atomic E-state index is 0.410. The van der Waals surface area contributed by atoms with E-state index in [-0.39, 0.29) is 0 Å². The summed E-state index contributed by atoms with van der Waals surface area (Å²) in [6.45, 7) is 10.4. The fourth-order valence-electron chi connectivity index (χ4n) is 2.61. The van der Waals surface area contributed by atoms with Crippen molar-refractivity contribution in [2.75, 3.05) is 18.8 Å². The maximum Gasteiger partial charge on any atom is 0.0638 e. The van der Waals surface area contributed by atoms with E-state index in [1.54, 1.807) is 0 Å². The summed E-state index contributed by atoms with van der Waals surface area (Å²) in [5.41, 5.74) is 8.06. The Morgan fingerprint density at radius 3 is 2.67 bits per heavy atom. The van der Waals surface area contributed by atoms with Gasteiger partial charge in [0.25, 0.3) is 0 Å². The lowest BCUT2D eigenvalue weighted by Crippen LogP contribution is -2.25. The van der Waals surface area contributed by atoms with Gasteiger partial charge in [-0.25, -0.2) is 0 Å². The Hall–Kier alpha value is -0.730. The van der Waals surface area contributed by atoms with E-state index in [4.69, 9.17) is 17.3 Å². The zero-order chi connectivity index (χ0) is 13.3. The molecule has 1 aromatic carbocycles. The van der Waals surface area contributed by atoms with Gasteiger partial charge >= 0.3 is 0 Å². The van der Waals surface area contributed by atoms with Crippen molar-refractivity contribution in [2.45, 2.75) is 33.7 Å². The molecule has 0 bridgehead atoms. The van der Waals surface area contributed by atoms with Crippen LogP contribution in [0.4, 0.5) is 5.69 Å². The number of nitrogens with two attached hydrogens (primary N) is 1. The summed E-state index contributed by atoms with van der Waals surface area (Å²) in [5.74, 6) is 0.793. The second-order valence-electron chi connectivity index (χ2n) is 6.44. The van der Waals surface area contributed by atoms with Gasteiger partial charge in [0, 0.05) is 13.1 Å². The van der Waals surface area contributed by atoms with Crippen molar-refractivity contribution in [3.8, 4) is 0 Å². The Morgan fingerprint density at radius 2 is 2.11 bits per heavy atom. The van der Waals surface area contributed by atoms with Gasteiger partial charge in [0.2, 0.25) is 0 Å². The van der Waals surface area contributed by atoms with Crippen molar-refractivity contribution in [1.82, 2.24) is 4.90 Å². The third-order valence-corrected chi connectivity index (χ3v) is 4.30. The number of likely N-dealkylation sites (tertiary alicyclic amines) is 1. The highest BCUT2D eigenvalue weighted by molar-refractivity contribution is 6.33. The van der Waals surface area contributed by atoms with Crippen molar-refractivity contribution in [1.29, 1.82) is 0 Å². The lowest BCUT2D eigenvalue weighted by atomic mass is 9.80. The molecular weight excluding hydrogens is 244 g/mol. The van der Waals surface area contributed by atoms with Gasteiger partial charge in [-0.05, 0) is 42.0 Å². The van der Waals surface area contributed by atoms with E-state index in [9.17, 15) is 0 Å². The molecule has 1 atom stereocenters. The lowest BCUT2D eigenvalue weighted by Gasteiger charge is -2.27. The number of nitrogen functional groups attached to an aromatic ring is 1. The van der Waals surface area contributed by atoms with Crippen LogP contribution in [0.3, 0.4) is 0 Å². The van der Waals surface area contributed by atoms with E-state index in [1.807, 2.05) is 12.1 Å². The highest BCUT2D eigenvalue weighted by Crippen LogP contribution is 2.34. The molecule has 1 aliphatic rings. The molecular formula is C15H23ClN2. The van der Waals surface area contributed by atoms with Gasteiger partial charge in [0.15, 0.2) is 0 Å². The van der Waals surface area contributed by atoms with Crippen LogP contribution in [0.2, 0.25) is 5.02 Å². The third-order valence-electron chi connectivity index (χ3n) is 3.97. The van der Waals surface area contributed by atoms with E-state index in [0.29, 0.717) is 16.1 Å². The first-order chi connectivity index (χ1) is 8.36. The number of rotatable bonds is 2. The highest BCUT2D eigenvalue weighted by Gasteiger charge is 2.31. The zero-order valence-electron chi connectivity index (χ0n) is 11.5. The van der Waals surface area contributed by atoms with E-state index in [0.717, 1.165) is 12.5 Å². The van der Waals surface area contributed by atoms with Gasteiger partial charge in [0.05, 0.1) is 10.7 Å². The number of hydrogen-bond acceptors (Lipinski definition) is 2. The standard InChI is InChI=1S/C15H23ClN2/c1-15(2,3)12-6-7-18(10-12)9-11-4-5-14(17)13(16)8-11/h4-5,8,12H,6-7,9-10,17H2,1-3H3. The van der Waals surface area contributed by atoms with Crippen LogP contribution in [0.5, 0.6) is 0 Å². The smallest absolute Gasteiger partial charge is 0.0638 e. The van der Waals surface area contributed by atoms with Gasteiger partial charge in [-0.15, -0.1) is 0 Å². The Labute approximate surface area is 115 Å². The first kappa shape index (κ1) is 13.7. The van der Waals surface area contributed by atoms with Crippen molar-refractivity contribution in [2.24, 2.45) is 11.3 Å². The van der Waals surface area contributed by atoms with E-state index in [1.165, 1.54) is 25.1 Å². The molecule has 1 fully saturated rings. The lowest BCUT2D eigenvalue weighted by molar-refractivity contribution is 0.226. The second-order valence-corrected chi connectivity index (χ2v) is 6.85. The molecule has 1 saturated heterocycles. The van der Waals surface area contributed by atoms with Gasteiger partial charge in [0.1, 0.15) is 0 Å². The maximum absolute atomic E-state index is 6.06. The molecule has 0 spiro atoms. The quantitative estimate of drug-likeness (QED) is 0.826. The van der Waals surface area contributed by atoms with Crippen LogP contribution in [0.25, 0.3) is 0 Å². The number of benzene rings is 1. The fourth-order valence-corrected chi connectivity index (χ4v) is 2.81. The fraction of sp³-hybridized carbons (Fsp3) is 0.600. The summed E-state index contributed by atoms with van der Waals surface area (Å²) in [7, 11) is 0. The molecule has 2 rings (SSSR count). The van der Waals surface area contributed by atoms with E-state index >= 15 is 0 Å². The van der Waals surface area contributed by atoms with E-state index in [2.05, 4.69) is 31.7 Å². The second kappa shape index (κ2) is 5.10. The van der Waals surface area contributed by atoms with Crippen molar-refractivity contribution >= 4 is 17.3 Å². The molecule has 1 heterocycles. The summed E-state index contributed by atoms with van der Waals surface area (Å²) in [6.07, 6.45) is 1.30. The molecule has 100 valence electrons. The van der Waals surface area contributed by atoms with E-state index < -0.39 is 0 Å². The normalized spacial score (nSPS) is 21.4. The SMILES string of the molecule is CC(C)(C)C1CCN(Cc2ccc(N)c(Cl)c2)C1. The topological polar surface area (TPSA) is 29.3 Å². The Balaban J connectivity index is 1.97. The van der Waals surface area contributed by atoms with Gasteiger partial charge in [-0.2, -0.15) is 0 Å². The molecule has 3 heteroatoms. The zero-order valence-corrected chi connectivity index (χ0v) is 12.3. The largest absolute Gasteiger partial charge is 0.398 e. The average Bonchev–Trinajstić information content (AvgIpc) is 2.72. The maximum atomic E-state index is 6.06. The van der Waals surface area contributed by atoms with Gasteiger partial charge in [-0.3, -0.25) is 4.90 Å². The molecule has 0 aromatic heterocycles. The molecule has 2 N–H and O–H groups in total. The Bertz CT molecular complexity index is 423. The number of halogens is 1. The molecule has 0 radical (unpaired) electrons. The average molecular weight is 267 g/mol. The number of anilines is 1. The van der Waals surface area contributed by atoms with Crippen molar-refractivity contribution < 1.29 is 0 Å². The third kappa shape index (κ3) is 3.18. The summed E-state index contributed by atoms with van der Waals surface area (Å²) in [5, 5.41) is 0.666. The summed E-state index contributed by atoms with van der Waals surface area (Å²) >= 11 is 6.06. The summed E-state index contributed by atoms with van der Waals surface area (Å²) < 4.78 is 0. The molecule has 0 saturated carbocycles. The van der Waals surface area contributed by atoms with Crippen molar-refractivity contribution in [3.63, 3.8) is 0 Å². The summed E-state index contributed by atoms with van der Waals surface area (Å²) in [6, 6.07) is 5.96. The minimum Gasteiger partial charge on any atom is -0.398 e. The first-order valence-electron chi connectivity index (χ1n) is 6.62.